The quantitative estimate of drug-likeness (QED) is 0.200. The van der Waals surface area contributed by atoms with Gasteiger partial charge in [0.1, 0.15) is 18.1 Å². The summed E-state index contributed by atoms with van der Waals surface area (Å²) in [5.41, 5.74) is 4.81. The fourth-order valence-corrected chi connectivity index (χ4v) is 6.15. The predicted molar refractivity (Wildman–Crippen MR) is 155 cm³/mol. The number of carbonyl (C=O) groups is 2. The van der Waals surface area contributed by atoms with Crippen molar-refractivity contribution in [2.24, 2.45) is 4.99 Å². The van der Waals surface area contributed by atoms with Gasteiger partial charge in [0.2, 0.25) is 0 Å². The number of fused-ring (bicyclic) bond motifs is 12. The van der Waals surface area contributed by atoms with Crippen molar-refractivity contribution in [1.82, 2.24) is 0 Å². The second-order valence-electron chi connectivity index (χ2n) is 9.62. The molecule has 0 radical (unpaired) electrons. The van der Waals surface area contributed by atoms with Gasteiger partial charge < -0.3 is 9.47 Å². The number of carbonyl (C=O) groups excluding carboxylic acids is 2. The molecule has 6 rings (SSSR count). The van der Waals surface area contributed by atoms with Gasteiger partial charge in [-0.2, -0.15) is 0 Å². The Hall–Kier alpha value is -3.77. The third-order valence-corrected chi connectivity index (χ3v) is 7.88. The standard InChI is InChI=1S/C32H31NO4S/c1-21-8-14-27-30(19-21)38-32(23-9-11-24(12-10-23)37-22(2)34)31(27)28-20-25-13-15-26(28)29(35)7-5-3-4-6-16-33-17-18-36-25/h8-15,17,19-20H,3-7,16,18H2,1-2H3. The van der Waals surface area contributed by atoms with Crippen LogP contribution < -0.4 is 9.47 Å². The van der Waals surface area contributed by atoms with Crippen LogP contribution in [0.2, 0.25) is 0 Å². The van der Waals surface area contributed by atoms with Gasteiger partial charge in [0, 0.05) is 52.2 Å². The SMILES string of the molecule is CC(=O)Oc1ccc(-c2sc3cc(C)ccc3c2-c2cc3ccc2C(=O)CCCCCCN=CCO3)cc1. The van der Waals surface area contributed by atoms with E-state index in [1.54, 1.807) is 11.3 Å². The number of ether oxygens (including phenoxy) is 2. The van der Waals surface area contributed by atoms with E-state index in [0.717, 1.165) is 69.4 Å². The van der Waals surface area contributed by atoms with Gasteiger partial charge in [0.05, 0.1) is 0 Å². The van der Waals surface area contributed by atoms with E-state index in [0.29, 0.717) is 24.5 Å². The lowest BCUT2D eigenvalue weighted by atomic mass is 9.91. The molecule has 1 aromatic heterocycles. The van der Waals surface area contributed by atoms with Gasteiger partial charge in [-0.25, -0.2) is 0 Å². The van der Waals surface area contributed by atoms with E-state index in [2.05, 4.69) is 30.1 Å². The van der Waals surface area contributed by atoms with E-state index in [4.69, 9.17) is 9.47 Å². The van der Waals surface area contributed by atoms with Crippen LogP contribution in [-0.4, -0.2) is 31.1 Å². The molecule has 2 bridgehead atoms. The highest BCUT2D eigenvalue weighted by molar-refractivity contribution is 7.23. The van der Waals surface area contributed by atoms with Gasteiger partial charge in [-0.3, -0.25) is 14.6 Å². The molecule has 0 fully saturated rings. The van der Waals surface area contributed by atoms with Crippen molar-refractivity contribution >= 4 is 39.4 Å². The Kier molecular flexibility index (Phi) is 7.99. The Morgan fingerprint density at radius 1 is 0.947 bits per heavy atom. The van der Waals surface area contributed by atoms with Gasteiger partial charge in [-0.1, -0.05) is 25.0 Å². The number of esters is 1. The Balaban J connectivity index is 1.67. The van der Waals surface area contributed by atoms with Crippen LogP contribution in [0.25, 0.3) is 31.7 Å². The molecule has 5 nitrogen and oxygen atoms in total. The average Bonchev–Trinajstić information content (AvgIpc) is 3.27. The zero-order valence-corrected chi connectivity index (χ0v) is 22.6. The van der Waals surface area contributed by atoms with Crippen molar-refractivity contribution in [3.8, 4) is 33.1 Å². The summed E-state index contributed by atoms with van der Waals surface area (Å²) in [6.45, 7) is 4.66. The molecular formula is C32H31NO4S. The van der Waals surface area contributed by atoms with Crippen LogP contribution in [0.3, 0.4) is 0 Å². The summed E-state index contributed by atoms with van der Waals surface area (Å²) < 4.78 is 12.4. The lowest BCUT2D eigenvalue weighted by Crippen LogP contribution is -2.04. The van der Waals surface area contributed by atoms with E-state index in [1.807, 2.05) is 48.7 Å². The molecule has 38 heavy (non-hydrogen) atoms. The first-order valence-corrected chi connectivity index (χ1v) is 13.9. The number of ketones is 1. The third-order valence-electron chi connectivity index (χ3n) is 6.68. The molecule has 0 atom stereocenters. The second kappa shape index (κ2) is 11.7. The van der Waals surface area contributed by atoms with Crippen LogP contribution in [0.4, 0.5) is 0 Å². The Morgan fingerprint density at radius 2 is 1.76 bits per heavy atom. The van der Waals surface area contributed by atoms with E-state index >= 15 is 0 Å². The first kappa shape index (κ1) is 25.9. The zero-order valence-electron chi connectivity index (χ0n) is 21.8. The van der Waals surface area contributed by atoms with Gasteiger partial charge in [0.25, 0.3) is 0 Å². The molecule has 3 aromatic carbocycles. The van der Waals surface area contributed by atoms with E-state index in [9.17, 15) is 9.59 Å². The van der Waals surface area contributed by atoms with Gasteiger partial charge in [-0.05, 0) is 85.0 Å². The van der Waals surface area contributed by atoms with Crippen molar-refractivity contribution in [2.75, 3.05) is 13.2 Å². The van der Waals surface area contributed by atoms with E-state index in [-0.39, 0.29) is 11.8 Å². The summed E-state index contributed by atoms with van der Waals surface area (Å²) in [5, 5.41) is 1.10. The molecule has 0 saturated carbocycles. The largest absolute Gasteiger partial charge is 0.488 e. The third kappa shape index (κ3) is 5.86. The smallest absolute Gasteiger partial charge is 0.308 e. The number of rotatable bonds is 3. The number of nitrogens with zero attached hydrogens (tertiary/aromatic N) is 1. The van der Waals surface area contributed by atoms with E-state index in [1.165, 1.54) is 12.5 Å². The maximum absolute atomic E-state index is 13.5. The molecule has 0 aliphatic carbocycles. The predicted octanol–water partition coefficient (Wildman–Crippen LogP) is 8.07. The topological polar surface area (TPSA) is 65.0 Å². The number of Topliss-reactive ketones (excluding diaryl/α,β-unsaturated/α-hetero) is 1. The first-order valence-electron chi connectivity index (χ1n) is 13.1. The number of benzene rings is 3. The Bertz CT molecular complexity index is 1500. The van der Waals surface area contributed by atoms with E-state index < -0.39 is 0 Å². The first-order chi connectivity index (χ1) is 18.5. The van der Waals surface area contributed by atoms with Gasteiger partial charge in [-0.15, -0.1) is 11.3 Å². The number of thiophene rings is 1. The highest BCUT2D eigenvalue weighted by Gasteiger charge is 2.22. The van der Waals surface area contributed by atoms with Crippen LogP contribution >= 0.6 is 11.3 Å². The molecule has 0 unspecified atom stereocenters. The molecule has 0 N–H and O–H groups in total. The summed E-state index contributed by atoms with van der Waals surface area (Å²) in [4.78, 5) is 30.5. The minimum atomic E-state index is -0.351. The normalized spacial score (nSPS) is 14.6. The molecule has 0 spiro atoms. The maximum Gasteiger partial charge on any atom is 0.308 e. The summed E-state index contributed by atoms with van der Waals surface area (Å²) in [7, 11) is 0. The Morgan fingerprint density at radius 3 is 2.58 bits per heavy atom. The van der Waals surface area contributed by atoms with Crippen molar-refractivity contribution in [3.63, 3.8) is 0 Å². The van der Waals surface area contributed by atoms with Gasteiger partial charge >= 0.3 is 5.97 Å². The lowest BCUT2D eigenvalue weighted by Gasteiger charge is -2.14. The molecule has 4 aromatic rings. The highest BCUT2D eigenvalue weighted by Crippen LogP contribution is 2.47. The fourth-order valence-electron chi connectivity index (χ4n) is 4.83. The minimum Gasteiger partial charge on any atom is -0.488 e. The molecule has 2 aliphatic rings. The van der Waals surface area contributed by atoms with Crippen LogP contribution in [-0.2, 0) is 4.79 Å². The summed E-state index contributed by atoms with van der Waals surface area (Å²) >= 11 is 1.70. The number of hydrogen-bond donors (Lipinski definition) is 0. The summed E-state index contributed by atoms with van der Waals surface area (Å²) in [5.74, 6) is 1.02. The van der Waals surface area contributed by atoms with Crippen LogP contribution in [0.15, 0.2) is 65.7 Å². The van der Waals surface area contributed by atoms with Crippen LogP contribution in [0, 0.1) is 6.92 Å². The minimum absolute atomic E-state index is 0.153. The van der Waals surface area contributed by atoms with Gasteiger partial charge in [0.15, 0.2) is 5.78 Å². The Labute approximate surface area is 227 Å². The zero-order chi connectivity index (χ0) is 26.5. The molecule has 0 amide bonds. The van der Waals surface area contributed by atoms with Crippen molar-refractivity contribution in [3.05, 3.63) is 71.8 Å². The molecule has 2 aliphatic heterocycles. The molecule has 3 heterocycles. The number of aryl methyl sites for hydroxylation is 1. The maximum atomic E-state index is 13.5. The average molecular weight is 526 g/mol. The second-order valence-corrected chi connectivity index (χ2v) is 10.7. The fraction of sp³-hybridized carbons (Fsp3) is 0.281. The monoisotopic (exact) mass is 525 g/mol. The molecule has 194 valence electrons. The number of hydrogen-bond acceptors (Lipinski definition) is 6. The van der Waals surface area contributed by atoms with Crippen LogP contribution in [0.5, 0.6) is 11.5 Å². The molecule has 0 saturated heterocycles. The lowest BCUT2D eigenvalue weighted by molar-refractivity contribution is -0.131. The molecule has 6 heteroatoms. The highest BCUT2D eigenvalue weighted by atomic mass is 32.1. The summed E-state index contributed by atoms with van der Waals surface area (Å²) in [6.07, 6.45) is 6.33. The molecular weight excluding hydrogens is 494 g/mol. The summed E-state index contributed by atoms with van der Waals surface area (Å²) in [6, 6.07) is 19.8. The van der Waals surface area contributed by atoms with Crippen molar-refractivity contribution in [1.29, 1.82) is 0 Å². The van der Waals surface area contributed by atoms with Crippen LogP contribution in [0.1, 0.15) is 54.9 Å². The number of aliphatic imine (C=N–C) groups is 1. The van der Waals surface area contributed by atoms with Crippen molar-refractivity contribution in [2.45, 2.75) is 46.0 Å². The van der Waals surface area contributed by atoms with Crippen molar-refractivity contribution < 1.29 is 19.1 Å².